The molecule has 0 radical (unpaired) electrons. The maximum Gasteiger partial charge on any atom is 0.101 e. The summed E-state index contributed by atoms with van der Waals surface area (Å²) in [5.41, 5.74) is 11.7. The number of nitriles is 2. The van der Waals surface area contributed by atoms with Crippen molar-refractivity contribution in [2.75, 3.05) is 0 Å². The summed E-state index contributed by atoms with van der Waals surface area (Å²) < 4.78 is 4.48. The molecular formula is C46H40N4. The van der Waals surface area contributed by atoms with Crippen molar-refractivity contribution in [2.24, 2.45) is 0 Å². The second-order valence-electron chi connectivity index (χ2n) is 15.1. The van der Waals surface area contributed by atoms with Crippen molar-refractivity contribution in [3.05, 3.63) is 145 Å². The molecule has 0 saturated heterocycles. The molecule has 50 heavy (non-hydrogen) atoms. The highest BCUT2D eigenvalue weighted by molar-refractivity contribution is 6.13. The molecule has 2 heterocycles. The molecule has 244 valence electrons. The van der Waals surface area contributed by atoms with Gasteiger partial charge in [-0.15, -0.1) is 0 Å². The number of nitrogens with zero attached hydrogens (tertiary/aromatic N) is 4. The van der Waals surface area contributed by atoms with Gasteiger partial charge in [0.15, 0.2) is 0 Å². The molecule has 7 rings (SSSR count). The van der Waals surface area contributed by atoms with E-state index in [0.717, 1.165) is 55.4 Å². The molecule has 7 aromatic rings. The van der Waals surface area contributed by atoms with Gasteiger partial charge in [0, 0.05) is 32.9 Å². The van der Waals surface area contributed by atoms with Crippen LogP contribution in [-0.4, -0.2) is 9.13 Å². The predicted octanol–water partition coefficient (Wildman–Crippen LogP) is 12.1. The van der Waals surface area contributed by atoms with Crippen LogP contribution in [0.25, 0.3) is 66.1 Å². The van der Waals surface area contributed by atoms with Crippen LogP contribution in [0.4, 0.5) is 0 Å². The lowest BCUT2D eigenvalue weighted by Gasteiger charge is -2.19. The van der Waals surface area contributed by atoms with Gasteiger partial charge in [0.05, 0.1) is 33.2 Å². The van der Waals surface area contributed by atoms with Crippen molar-refractivity contribution in [3.8, 4) is 29.0 Å². The van der Waals surface area contributed by atoms with Crippen molar-refractivity contribution in [1.82, 2.24) is 9.13 Å². The Balaban J connectivity index is 1.50. The minimum absolute atomic E-state index is 0.00648. The van der Waals surface area contributed by atoms with Gasteiger partial charge >= 0.3 is 0 Å². The first-order valence-electron chi connectivity index (χ1n) is 17.0. The maximum atomic E-state index is 9.83. The minimum atomic E-state index is -0.0296. The van der Waals surface area contributed by atoms with Crippen molar-refractivity contribution >= 4 is 49.3 Å². The summed E-state index contributed by atoms with van der Waals surface area (Å²) in [5.74, 6) is 0. The summed E-state index contributed by atoms with van der Waals surface area (Å²) in [4.78, 5) is 0. The van der Waals surface area contributed by atoms with Gasteiger partial charge in [-0.2, -0.15) is 10.5 Å². The Hall–Kier alpha value is -6.10. The topological polar surface area (TPSA) is 57.4 Å². The van der Waals surface area contributed by atoms with Crippen LogP contribution in [0, 0.1) is 22.7 Å². The van der Waals surface area contributed by atoms with E-state index >= 15 is 0 Å². The highest BCUT2D eigenvalue weighted by Crippen LogP contribution is 2.40. The van der Waals surface area contributed by atoms with Crippen molar-refractivity contribution in [1.29, 1.82) is 10.5 Å². The third kappa shape index (κ3) is 5.22. The number of rotatable bonds is 5. The summed E-state index contributed by atoms with van der Waals surface area (Å²) in [7, 11) is 0. The summed E-state index contributed by atoms with van der Waals surface area (Å²) >= 11 is 0. The van der Waals surface area contributed by atoms with Gasteiger partial charge in [0.25, 0.3) is 0 Å². The number of hydrogen-bond acceptors (Lipinski definition) is 2. The summed E-state index contributed by atoms with van der Waals surface area (Å²) in [5, 5.41) is 24.1. The van der Waals surface area contributed by atoms with E-state index in [1.54, 1.807) is 6.07 Å². The van der Waals surface area contributed by atoms with Crippen LogP contribution in [-0.2, 0) is 10.8 Å². The summed E-state index contributed by atoms with van der Waals surface area (Å²) in [6, 6.07) is 36.7. The van der Waals surface area contributed by atoms with Crippen LogP contribution in [0.2, 0.25) is 0 Å². The molecule has 0 amide bonds. The molecule has 2 aromatic heterocycles. The molecule has 0 atom stereocenters. The van der Waals surface area contributed by atoms with Gasteiger partial charge in [-0.3, -0.25) is 0 Å². The van der Waals surface area contributed by atoms with Crippen molar-refractivity contribution in [2.45, 2.75) is 52.4 Å². The van der Waals surface area contributed by atoms with Crippen LogP contribution < -0.4 is 0 Å². The molecule has 0 saturated carbocycles. The van der Waals surface area contributed by atoms with Crippen molar-refractivity contribution in [3.63, 3.8) is 0 Å². The fourth-order valence-electron chi connectivity index (χ4n) is 7.11. The van der Waals surface area contributed by atoms with Gasteiger partial charge in [0.1, 0.15) is 12.1 Å². The molecule has 0 unspecified atom stereocenters. The Kier molecular flexibility index (Phi) is 7.66. The molecule has 0 spiro atoms. The van der Waals surface area contributed by atoms with Crippen LogP contribution >= 0.6 is 0 Å². The fraction of sp³-hybridized carbons (Fsp3) is 0.174. The zero-order valence-electron chi connectivity index (χ0n) is 29.6. The third-order valence-electron chi connectivity index (χ3n) is 9.85. The van der Waals surface area contributed by atoms with Gasteiger partial charge in [0.2, 0.25) is 0 Å². The van der Waals surface area contributed by atoms with Gasteiger partial charge < -0.3 is 9.13 Å². The SMILES string of the molecule is C=C/C=C(\C=C)n1c2ccc(-c3ccc4c(c3)c3cc(C(C)(C)C)ccc3n4-c3ccc(C#N)c(C#N)c3)cc2c2cc(C(C)(C)C)ccc21. The highest BCUT2D eigenvalue weighted by atomic mass is 15.0. The Bertz CT molecular complexity index is 2660. The van der Waals surface area contributed by atoms with E-state index in [1.807, 2.05) is 30.4 Å². The normalized spacial score (nSPS) is 12.4. The fourth-order valence-corrected chi connectivity index (χ4v) is 7.11. The minimum Gasteiger partial charge on any atom is -0.309 e. The monoisotopic (exact) mass is 648 g/mol. The molecule has 4 heteroatoms. The van der Waals surface area contributed by atoms with Gasteiger partial charge in [-0.05, 0) is 112 Å². The smallest absolute Gasteiger partial charge is 0.101 e. The Morgan fingerprint density at radius 1 is 0.580 bits per heavy atom. The van der Waals surface area contributed by atoms with Crippen LogP contribution in [0.15, 0.2) is 122 Å². The number of allylic oxidation sites excluding steroid dienone is 4. The molecule has 0 aliphatic rings. The molecule has 5 aromatic carbocycles. The maximum absolute atomic E-state index is 9.83. The lowest BCUT2D eigenvalue weighted by Crippen LogP contribution is -2.10. The first-order valence-corrected chi connectivity index (χ1v) is 17.0. The van der Waals surface area contributed by atoms with Gasteiger partial charge in [-0.1, -0.05) is 85.0 Å². The van der Waals surface area contributed by atoms with E-state index in [9.17, 15) is 10.5 Å². The average molecular weight is 649 g/mol. The van der Waals surface area contributed by atoms with E-state index in [2.05, 4.69) is 149 Å². The molecule has 0 aliphatic carbocycles. The molecule has 0 aliphatic heterocycles. The number of aromatic nitrogens is 2. The standard InChI is InChI=1S/C46H40N4/c1-9-11-35(10-2)49-41-18-13-29(23-37(41)39-25-33(45(3,4)5)15-20-43(39)49)30-14-19-42-38(24-30)40-26-34(46(6,7)8)16-21-44(40)50(42)36-17-12-31(27-47)32(22-36)28-48/h9-26H,1-2H2,3-8H3/b35-11+. The quantitative estimate of drug-likeness (QED) is 0.174. The summed E-state index contributed by atoms with van der Waals surface area (Å²) in [6.45, 7) is 21.5. The van der Waals surface area contributed by atoms with E-state index in [1.165, 1.54) is 21.9 Å². The molecular weight excluding hydrogens is 609 g/mol. The summed E-state index contributed by atoms with van der Waals surface area (Å²) in [6.07, 6.45) is 5.69. The Labute approximate surface area is 294 Å². The largest absolute Gasteiger partial charge is 0.309 e. The van der Waals surface area contributed by atoms with E-state index in [0.29, 0.717) is 11.1 Å². The lowest BCUT2D eigenvalue weighted by atomic mass is 9.86. The Morgan fingerprint density at radius 2 is 1.06 bits per heavy atom. The number of benzene rings is 5. The molecule has 0 N–H and O–H groups in total. The number of hydrogen-bond donors (Lipinski definition) is 0. The van der Waals surface area contributed by atoms with Gasteiger partial charge in [-0.25, -0.2) is 0 Å². The lowest BCUT2D eigenvalue weighted by molar-refractivity contribution is 0.591. The highest BCUT2D eigenvalue weighted by Gasteiger charge is 2.21. The Morgan fingerprint density at radius 3 is 1.58 bits per heavy atom. The average Bonchev–Trinajstić information content (AvgIpc) is 3.60. The molecule has 0 bridgehead atoms. The second-order valence-corrected chi connectivity index (χ2v) is 15.1. The van der Waals surface area contributed by atoms with Crippen LogP contribution in [0.5, 0.6) is 0 Å². The first-order chi connectivity index (χ1) is 23.9. The second kappa shape index (κ2) is 11.8. The predicted molar refractivity (Wildman–Crippen MR) is 211 cm³/mol. The first kappa shape index (κ1) is 32.4. The zero-order chi connectivity index (χ0) is 35.5. The van der Waals surface area contributed by atoms with E-state index in [4.69, 9.17) is 0 Å². The zero-order valence-corrected chi connectivity index (χ0v) is 29.6. The van der Waals surface area contributed by atoms with Crippen LogP contribution in [0.3, 0.4) is 0 Å². The van der Waals surface area contributed by atoms with E-state index in [-0.39, 0.29) is 10.8 Å². The number of fused-ring (bicyclic) bond motifs is 6. The van der Waals surface area contributed by atoms with E-state index < -0.39 is 0 Å². The molecule has 0 fully saturated rings. The molecule has 4 nitrogen and oxygen atoms in total. The third-order valence-corrected chi connectivity index (χ3v) is 9.85. The van der Waals surface area contributed by atoms with Crippen LogP contribution in [0.1, 0.15) is 63.8 Å². The van der Waals surface area contributed by atoms with Crippen molar-refractivity contribution < 1.29 is 0 Å².